The van der Waals surface area contributed by atoms with Crippen LogP contribution in [0.1, 0.15) is 31.5 Å². The lowest BCUT2D eigenvalue weighted by molar-refractivity contribution is -0.149. The summed E-state index contributed by atoms with van der Waals surface area (Å²) < 4.78 is 5.72. The van der Waals surface area contributed by atoms with E-state index < -0.39 is 0 Å². The molecule has 7 nitrogen and oxygen atoms in total. The van der Waals surface area contributed by atoms with E-state index in [-0.39, 0.29) is 18.6 Å². The SMILES string of the molecule is Cc1nccc(NC[C@H]2CN(CC3CCN(CC4CC4)CC3)C(=O)CO2)n1. The summed E-state index contributed by atoms with van der Waals surface area (Å²) in [7, 11) is 0. The first-order valence-corrected chi connectivity index (χ1v) is 10.3. The highest BCUT2D eigenvalue weighted by Crippen LogP contribution is 2.31. The van der Waals surface area contributed by atoms with Crippen molar-refractivity contribution in [1.29, 1.82) is 0 Å². The Kier molecular flexibility index (Phi) is 5.88. The molecule has 0 bridgehead atoms. The van der Waals surface area contributed by atoms with E-state index in [4.69, 9.17) is 4.74 Å². The molecule has 1 saturated carbocycles. The lowest BCUT2D eigenvalue weighted by Gasteiger charge is -2.38. The van der Waals surface area contributed by atoms with E-state index in [2.05, 4.69) is 20.2 Å². The van der Waals surface area contributed by atoms with Gasteiger partial charge in [0.05, 0.1) is 6.10 Å². The van der Waals surface area contributed by atoms with Crippen LogP contribution in [0.2, 0.25) is 0 Å². The molecule has 0 spiro atoms. The Morgan fingerprint density at radius 2 is 1.96 bits per heavy atom. The van der Waals surface area contributed by atoms with Crippen molar-refractivity contribution in [2.45, 2.75) is 38.7 Å². The Morgan fingerprint density at radius 3 is 2.70 bits per heavy atom. The summed E-state index contributed by atoms with van der Waals surface area (Å²) >= 11 is 0. The van der Waals surface area contributed by atoms with Gasteiger partial charge in [-0.2, -0.15) is 0 Å². The van der Waals surface area contributed by atoms with Gasteiger partial charge in [0.1, 0.15) is 18.2 Å². The quantitative estimate of drug-likeness (QED) is 0.782. The predicted molar refractivity (Wildman–Crippen MR) is 103 cm³/mol. The van der Waals surface area contributed by atoms with E-state index in [9.17, 15) is 4.79 Å². The molecule has 3 heterocycles. The predicted octanol–water partition coefficient (Wildman–Crippen LogP) is 1.55. The third-order valence-electron chi connectivity index (χ3n) is 5.91. The molecule has 0 unspecified atom stereocenters. The number of nitrogens with one attached hydrogen (secondary N) is 1. The fourth-order valence-corrected chi connectivity index (χ4v) is 4.08. The number of carbonyl (C=O) groups is 1. The summed E-state index contributed by atoms with van der Waals surface area (Å²) in [6.07, 6.45) is 7.02. The molecule has 4 rings (SSSR count). The molecule has 1 aromatic rings. The summed E-state index contributed by atoms with van der Waals surface area (Å²) in [5.41, 5.74) is 0. The molecule has 1 aliphatic carbocycles. The van der Waals surface area contributed by atoms with Crippen LogP contribution in [-0.2, 0) is 9.53 Å². The van der Waals surface area contributed by atoms with E-state index in [0.29, 0.717) is 19.0 Å². The van der Waals surface area contributed by atoms with Gasteiger partial charge < -0.3 is 19.9 Å². The topological polar surface area (TPSA) is 70.6 Å². The number of rotatable bonds is 7. The molecular weight excluding hydrogens is 342 g/mol. The molecule has 3 fully saturated rings. The number of hydrogen-bond donors (Lipinski definition) is 1. The fourth-order valence-electron chi connectivity index (χ4n) is 4.08. The number of aromatic nitrogens is 2. The van der Waals surface area contributed by atoms with E-state index in [1.165, 1.54) is 45.3 Å². The highest BCUT2D eigenvalue weighted by Gasteiger charge is 2.31. The summed E-state index contributed by atoms with van der Waals surface area (Å²) in [6, 6.07) is 1.86. The number of likely N-dealkylation sites (tertiary alicyclic amines) is 1. The smallest absolute Gasteiger partial charge is 0.248 e. The lowest BCUT2D eigenvalue weighted by Crippen LogP contribution is -2.51. The second kappa shape index (κ2) is 8.52. The molecule has 1 N–H and O–H groups in total. The van der Waals surface area contributed by atoms with Crippen molar-refractivity contribution in [3.05, 3.63) is 18.1 Å². The van der Waals surface area contributed by atoms with Crippen molar-refractivity contribution in [1.82, 2.24) is 19.8 Å². The van der Waals surface area contributed by atoms with Crippen LogP contribution in [0, 0.1) is 18.8 Å². The first-order valence-electron chi connectivity index (χ1n) is 10.3. The van der Waals surface area contributed by atoms with E-state index in [0.717, 1.165) is 24.1 Å². The normalized spacial score (nSPS) is 25.0. The highest BCUT2D eigenvalue weighted by molar-refractivity contribution is 5.78. The molecule has 148 valence electrons. The summed E-state index contributed by atoms with van der Waals surface area (Å²) in [5, 5.41) is 3.30. The van der Waals surface area contributed by atoms with Crippen molar-refractivity contribution in [3.8, 4) is 0 Å². The van der Waals surface area contributed by atoms with E-state index in [1.54, 1.807) is 6.20 Å². The maximum Gasteiger partial charge on any atom is 0.248 e. The number of hydrogen-bond acceptors (Lipinski definition) is 6. The Labute approximate surface area is 161 Å². The third kappa shape index (κ3) is 5.39. The van der Waals surface area contributed by atoms with Crippen LogP contribution in [0.25, 0.3) is 0 Å². The second-order valence-corrected chi connectivity index (χ2v) is 8.29. The van der Waals surface area contributed by atoms with Gasteiger partial charge in [0.2, 0.25) is 5.91 Å². The van der Waals surface area contributed by atoms with Gasteiger partial charge in [-0.05, 0) is 63.6 Å². The minimum atomic E-state index is 0.00734. The summed E-state index contributed by atoms with van der Waals surface area (Å²) in [6.45, 7) is 7.93. The zero-order chi connectivity index (χ0) is 18.6. The number of amides is 1. The lowest BCUT2D eigenvalue weighted by atomic mass is 9.95. The van der Waals surface area contributed by atoms with Gasteiger partial charge in [-0.3, -0.25) is 4.79 Å². The number of aryl methyl sites for hydroxylation is 1. The van der Waals surface area contributed by atoms with Gasteiger partial charge in [0.15, 0.2) is 0 Å². The molecule has 3 aliphatic rings. The van der Waals surface area contributed by atoms with Crippen LogP contribution in [0.5, 0.6) is 0 Å². The Morgan fingerprint density at radius 1 is 1.19 bits per heavy atom. The third-order valence-corrected chi connectivity index (χ3v) is 5.91. The van der Waals surface area contributed by atoms with E-state index in [1.807, 2.05) is 17.9 Å². The Balaban J connectivity index is 1.22. The fraction of sp³-hybridized carbons (Fsp3) is 0.750. The number of piperidine rings is 1. The van der Waals surface area contributed by atoms with Crippen molar-refractivity contribution >= 4 is 11.7 Å². The first-order chi connectivity index (χ1) is 13.2. The van der Waals surface area contributed by atoms with Gasteiger partial charge in [-0.1, -0.05) is 0 Å². The van der Waals surface area contributed by atoms with Gasteiger partial charge >= 0.3 is 0 Å². The summed E-state index contributed by atoms with van der Waals surface area (Å²) in [5.74, 6) is 3.27. The van der Waals surface area contributed by atoms with Gasteiger partial charge in [-0.25, -0.2) is 9.97 Å². The number of nitrogens with zero attached hydrogens (tertiary/aromatic N) is 4. The van der Waals surface area contributed by atoms with Crippen LogP contribution in [0.15, 0.2) is 12.3 Å². The minimum Gasteiger partial charge on any atom is -0.367 e. The average Bonchev–Trinajstić information content (AvgIpc) is 3.48. The summed E-state index contributed by atoms with van der Waals surface area (Å²) in [4.78, 5) is 25.4. The van der Waals surface area contributed by atoms with Crippen LogP contribution in [0.4, 0.5) is 5.82 Å². The second-order valence-electron chi connectivity index (χ2n) is 8.29. The number of anilines is 1. The largest absolute Gasteiger partial charge is 0.367 e. The maximum absolute atomic E-state index is 12.3. The van der Waals surface area contributed by atoms with Crippen molar-refractivity contribution < 1.29 is 9.53 Å². The van der Waals surface area contributed by atoms with Crippen LogP contribution < -0.4 is 5.32 Å². The molecule has 1 atom stereocenters. The zero-order valence-corrected chi connectivity index (χ0v) is 16.3. The van der Waals surface area contributed by atoms with Gasteiger partial charge in [-0.15, -0.1) is 0 Å². The Bertz CT molecular complexity index is 643. The molecular formula is C20H31N5O2. The van der Waals surface area contributed by atoms with E-state index >= 15 is 0 Å². The Hall–Kier alpha value is -1.73. The van der Waals surface area contributed by atoms with Gasteiger partial charge in [0, 0.05) is 32.4 Å². The molecule has 1 aromatic heterocycles. The molecule has 2 saturated heterocycles. The standard InChI is InChI=1S/C20H31N5O2/c1-15-21-7-4-19(23-15)22-10-18-13-25(20(26)14-27-18)12-17-5-8-24(9-6-17)11-16-2-3-16/h4,7,16-18H,2-3,5-6,8-14H2,1H3,(H,21,22,23)/t18-/m0/s1. The monoisotopic (exact) mass is 373 g/mol. The molecule has 2 aliphatic heterocycles. The van der Waals surface area contributed by atoms with Crippen LogP contribution in [0.3, 0.4) is 0 Å². The molecule has 1 amide bonds. The van der Waals surface area contributed by atoms with Crippen molar-refractivity contribution in [2.75, 3.05) is 51.2 Å². The van der Waals surface area contributed by atoms with Gasteiger partial charge in [0.25, 0.3) is 0 Å². The first kappa shape index (κ1) is 18.6. The van der Waals surface area contributed by atoms with Crippen molar-refractivity contribution in [2.24, 2.45) is 11.8 Å². The number of carbonyl (C=O) groups excluding carboxylic acids is 1. The van der Waals surface area contributed by atoms with Crippen molar-refractivity contribution in [3.63, 3.8) is 0 Å². The highest BCUT2D eigenvalue weighted by atomic mass is 16.5. The van der Waals surface area contributed by atoms with Crippen LogP contribution >= 0.6 is 0 Å². The molecule has 27 heavy (non-hydrogen) atoms. The average molecular weight is 374 g/mol. The maximum atomic E-state index is 12.3. The molecule has 0 aromatic carbocycles. The zero-order valence-electron chi connectivity index (χ0n) is 16.3. The molecule has 7 heteroatoms. The number of morpholine rings is 1. The molecule has 0 radical (unpaired) electrons. The number of ether oxygens (including phenoxy) is 1. The minimum absolute atomic E-state index is 0.00734. The van der Waals surface area contributed by atoms with Crippen LogP contribution in [-0.4, -0.2) is 77.7 Å².